The number of ether oxygens (including phenoxy) is 2. The SMILES string of the molecule is CC(=O)N[C@@H](C)/C=C/c1cnc(Oc2ccc(OCC3CC3)cc2Cl)cc1C. The zero-order valence-electron chi connectivity index (χ0n) is 16.4. The van der Waals surface area contributed by atoms with Gasteiger partial charge in [-0.1, -0.05) is 23.8 Å². The first kappa shape index (κ1) is 20.2. The Bertz CT molecular complexity index is 878. The van der Waals surface area contributed by atoms with Crippen LogP contribution in [0.1, 0.15) is 37.8 Å². The van der Waals surface area contributed by atoms with Crippen LogP contribution >= 0.6 is 11.6 Å². The van der Waals surface area contributed by atoms with E-state index in [1.165, 1.54) is 19.8 Å². The molecule has 1 aliphatic carbocycles. The molecule has 0 bridgehead atoms. The smallest absolute Gasteiger partial charge is 0.219 e. The number of carbonyl (C=O) groups excluding carboxylic acids is 1. The molecule has 28 heavy (non-hydrogen) atoms. The van der Waals surface area contributed by atoms with E-state index in [9.17, 15) is 4.79 Å². The molecule has 1 amide bonds. The number of benzene rings is 1. The van der Waals surface area contributed by atoms with Crippen molar-refractivity contribution in [1.29, 1.82) is 0 Å². The molecule has 1 fully saturated rings. The Kier molecular flexibility index (Phi) is 6.57. The maximum atomic E-state index is 11.1. The molecule has 148 valence electrons. The van der Waals surface area contributed by atoms with Gasteiger partial charge in [0.25, 0.3) is 0 Å². The summed E-state index contributed by atoms with van der Waals surface area (Å²) in [4.78, 5) is 15.4. The summed E-state index contributed by atoms with van der Waals surface area (Å²) in [6, 6.07) is 7.23. The van der Waals surface area contributed by atoms with E-state index in [0.29, 0.717) is 22.6 Å². The van der Waals surface area contributed by atoms with E-state index >= 15 is 0 Å². The van der Waals surface area contributed by atoms with Gasteiger partial charge < -0.3 is 14.8 Å². The molecule has 0 radical (unpaired) electrons. The lowest BCUT2D eigenvalue weighted by molar-refractivity contribution is -0.119. The zero-order chi connectivity index (χ0) is 20.1. The lowest BCUT2D eigenvalue weighted by Crippen LogP contribution is -2.28. The number of hydrogen-bond acceptors (Lipinski definition) is 4. The van der Waals surface area contributed by atoms with E-state index in [0.717, 1.165) is 23.5 Å². The molecule has 1 heterocycles. The quantitative estimate of drug-likeness (QED) is 0.664. The highest BCUT2D eigenvalue weighted by atomic mass is 35.5. The lowest BCUT2D eigenvalue weighted by Gasteiger charge is -2.11. The minimum atomic E-state index is -0.0587. The van der Waals surface area contributed by atoms with Crippen molar-refractivity contribution in [3.8, 4) is 17.4 Å². The fourth-order valence-corrected chi connectivity index (χ4v) is 2.86. The summed E-state index contributed by atoms with van der Waals surface area (Å²) in [5, 5.41) is 3.30. The number of rotatable bonds is 8. The fraction of sp³-hybridized carbons (Fsp3) is 0.364. The summed E-state index contributed by atoms with van der Waals surface area (Å²) in [6.45, 7) is 6.14. The van der Waals surface area contributed by atoms with Crippen LogP contribution in [0.5, 0.6) is 17.4 Å². The first-order chi connectivity index (χ1) is 13.4. The third-order valence-corrected chi connectivity index (χ3v) is 4.72. The summed E-state index contributed by atoms with van der Waals surface area (Å²) >= 11 is 6.33. The van der Waals surface area contributed by atoms with Crippen LogP contribution in [0.3, 0.4) is 0 Å². The lowest BCUT2D eigenvalue weighted by atomic mass is 10.1. The second-order valence-electron chi connectivity index (χ2n) is 7.18. The van der Waals surface area contributed by atoms with Crippen LogP contribution in [0.2, 0.25) is 5.02 Å². The monoisotopic (exact) mass is 400 g/mol. The van der Waals surface area contributed by atoms with Crippen molar-refractivity contribution < 1.29 is 14.3 Å². The second kappa shape index (κ2) is 9.11. The molecule has 0 unspecified atom stereocenters. The molecule has 0 aliphatic heterocycles. The number of carbonyl (C=O) groups is 1. The van der Waals surface area contributed by atoms with E-state index in [1.807, 2.05) is 38.1 Å². The first-order valence-corrected chi connectivity index (χ1v) is 9.80. The molecule has 1 aromatic carbocycles. The van der Waals surface area contributed by atoms with Crippen molar-refractivity contribution in [2.24, 2.45) is 5.92 Å². The Balaban J connectivity index is 1.63. The molecule has 1 N–H and O–H groups in total. The highest BCUT2D eigenvalue weighted by Crippen LogP contribution is 2.34. The molecule has 1 aromatic heterocycles. The van der Waals surface area contributed by atoms with E-state index < -0.39 is 0 Å². The average Bonchev–Trinajstić information content (AvgIpc) is 3.45. The fourth-order valence-electron chi connectivity index (χ4n) is 2.65. The molecule has 2 aromatic rings. The number of hydrogen-bond donors (Lipinski definition) is 1. The van der Waals surface area contributed by atoms with Crippen LogP contribution < -0.4 is 14.8 Å². The zero-order valence-corrected chi connectivity index (χ0v) is 17.1. The van der Waals surface area contributed by atoms with Gasteiger partial charge in [-0.3, -0.25) is 4.79 Å². The van der Waals surface area contributed by atoms with Gasteiger partial charge in [-0.25, -0.2) is 4.98 Å². The molecule has 0 saturated heterocycles. The molecule has 5 nitrogen and oxygen atoms in total. The number of nitrogens with one attached hydrogen (secondary N) is 1. The van der Waals surface area contributed by atoms with Crippen molar-refractivity contribution in [3.63, 3.8) is 0 Å². The molecule has 1 saturated carbocycles. The molecular weight excluding hydrogens is 376 g/mol. The number of nitrogens with zero attached hydrogens (tertiary/aromatic N) is 1. The van der Waals surface area contributed by atoms with Crippen LogP contribution in [0.4, 0.5) is 0 Å². The largest absolute Gasteiger partial charge is 0.493 e. The third kappa shape index (κ3) is 5.99. The normalized spacial score (nSPS) is 14.7. The van der Waals surface area contributed by atoms with Gasteiger partial charge in [0.1, 0.15) is 11.5 Å². The van der Waals surface area contributed by atoms with Crippen LogP contribution in [0.15, 0.2) is 36.5 Å². The molecule has 3 rings (SSSR count). The van der Waals surface area contributed by atoms with Crippen LogP contribution in [0, 0.1) is 12.8 Å². The maximum absolute atomic E-state index is 11.1. The van der Waals surface area contributed by atoms with Gasteiger partial charge in [0.05, 0.1) is 11.6 Å². The molecule has 0 spiro atoms. The Morgan fingerprint density at radius 2 is 2.18 bits per heavy atom. The highest BCUT2D eigenvalue weighted by Gasteiger charge is 2.22. The number of pyridine rings is 1. The summed E-state index contributed by atoms with van der Waals surface area (Å²) in [6.07, 6.45) is 8.09. The van der Waals surface area contributed by atoms with E-state index in [-0.39, 0.29) is 11.9 Å². The Labute approximate surface area is 170 Å². The van der Waals surface area contributed by atoms with Crippen LogP contribution in [-0.4, -0.2) is 23.5 Å². The summed E-state index contributed by atoms with van der Waals surface area (Å²) < 4.78 is 11.6. The van der Waals surface area contributed by atoms with Crippen molar-refractivity contribution in [2.75, 3.05) is 6.61 Å². The summed E-state index contributed by atoms with van der Waals surface area (Å²) in [7, 11) is 0. The average molecular weight is 401 g/mol. The molecule has 6 heteroatoms. The van der Waals surface area contributed by atoms with Crippen molar-refractivity contribution in [2.45, 2.75) is 39.7 Å². The number of halogens is 1. The maximum Gasteiger partial charge on any atom is 0.219 e. The van der Waals surface area contributed by atoms with Crippen molar-refractivity contribution in [1.82, 2.24) is 10.3 Å². The number of aryl methyl sites for hydroxylation is 1. The molecule has 1 aliphatic rings. The highest BCUT2D eigenvalue weighted by molar-refractivity contribution is 6.32. The minimum absolute atomic E-state index is 0.0488. The summed E-state index contributed by atoms with van der Waals surface area (Å²) in [5.41, 5.74) is 1.97. The predicted molar refractivity (Wildman–Crippen MR) is 111 cm³/mol. The van der Waals surface area contributed by atoms with Crippen LogP contribution in [0.25, 0.3) is 6.08 Å². The van der Waals surface area contributed by atoms with Crippen molar-refractivity contribution >= 4 is 23.6 Å². The number of amides is 1. The molecule has 1 atom stereocenters. The van der Waals surface area contributed by atoms with Crippen LogP contribution in [-0.2, 0) is 4.79 Å². The van der Waals surface area contributed by atoms with Gasteiger partial charge in [0, 0.05) is 31.3 Å². The van der Waals surface area contributed by atoms with E-state index in [2.05, 4.69) is 10.3 Å². The van der Waals surface area contributed by atoms with Gasteiger partial charge in [-0.05, 0) is 55.9 Å². The van der Waals surface area contributed by atoms with E-state index in [1.54, 1.807) is 18.3 Å². The Morgan fingerprint density at radius 3 is 2.82 bits per heavy atom. The minimum Gasteiger partial charge on any atom is -0.493 e. The predicted octanol–water partition coefficient (Wildman–Crippen LogP) is 5.16. The standard InChI is InChI=1S/C22H25ClN2O3/c1-14-10-22(24-12-18(14)7-4-15(2)25-16(3)26)28-21-9-8-19(11-20(21)23)27-13-17-5-6-17/h4,7-12,15,17H,5-6,13H2,1-3H3,(H,25,26)/b7-4+/t15-/m0/s1. The number of aromatic nitrogens is 1. The Hall–Kier alpha value is -2.53. The first-order valence-electron chi connectivity index (χ1n) is 9.43. The van der Waals surface area contributed by atoms with Gasteiger partial charge >= 0.3 is 0 Å². The molecular formula is C22H25ClN2O3. The van der Waals surface area contributed by atoms with Crippen molar-refractivity contribution in [3.05, 3.63) is 52.7 Å². The topological polar surface area (TPSA) is 60.5 Å². The third-order valence-electron chi connectivity index (χ3n) is 4.42. The summed E-state index contributed by atoms with van der Waals surface area (Å²) in [5.74, 6) is 2.39. The van der Waals surface area contributed by atoms with E-state index in [4.69, 9.17) is 21.1 Å². The van der Waals surface area contributed by atoms with Gasteiger partial charge in [0.2, 0.25) is 11.8 Å². The van der Waals surface area contributed by atoms with Gasteiger partial charge in [0.15, 0.2) is 0 Å². The second-order valence-corrected chi connectivity index (χ2v) is 7.58. The Morgan fingerprint density at radius 1 is 1.39 bits per heavy atom. The van der Waals surface area contributed by atoms with Gasteiger partial charge in [-0.15, -0.1) is 0 Å². The van der Waals surface area contributed by atoms with Gasteiger partial charge in [-0.2, -0.15) is 0 Å².